The van der Waals surface area contributed by atoms with Gasteiger partial charge in [0.25, 0.3) is 5.91 Å². The average Bonchev–Trinajstić information content (AvgIpc) is 3.24. The van der Waals surface area contributed by atoms with Crippen molar-refractivity contribution in [2.75, 3.05) is 18.1 Å². The summed E-state index contributed by atoms with van der Waals surface area (Å²) in [6.07, 6.45) is 2.82. The van der Waals surface area contributed by atoms with Gasteiger partial charge in [0, 0.05) is 30.5 Å². The normalized spacial score (nSPS) is 25.7. The molecule has 6 nitrogen and oxygen atoms in total. The average molecular weight is 385 g/mol. The Morgan fingerprint density at radius 3 is 3.04 bits per heavy atom. The molecule has 2 atom stereocenters. The van der Waals surface area contributed by atoms with Gasteiger partial charge in [-0.05, 0) is 12.1 Å². The lowest BCUT2D eigenvalue weighted by atomic mass is 10.2. The van der Waals surface area contributed by atoms with Gasteiger partial charge < -0.3 is 14.8 Å². The van der Waals surface area contributed by atoms with Gasteiger partial charge in [-0.25, -0.2) is 0 Å². The molecule has 3 rings (SSSR count). The van der Waals surface area contributed by atoms with Gasteiger partial charge in [-0.1, -0.05) is 24.0 Å². The number of hydrogen-bond acceptors (Lipinski definition) is 7. The SMILES string of the molecule is O=C(CCN1C(=O)/C(=C/c2ccco2)SC1=S)N[C@@H]1CSC[C@@H]1O. The van der Waals surface area contributed by atoms with E-state index >= 15 is 0 Å². The zero-order valence-corrected chi connectivity index (χ0v) is 15.1. The summed E-state index contributed by atoms with van der Waals surface area (Å²) >= 11 is 8.03. The van der Waals surface area contributed by atoms with E-state index < -0.39 is 6.10 Å². The van der Waals surface area contributed by atoms with Gasteiger partial charge in [-0.15, -0.1) is 0 Å². The van der Waals surface area contributed by atoms with E-state index in [1.165, 1.54) is 22.9 Å². The summed E-state index contributed by atoms with van der Waals surface area (Å²) in [5.74, 6) is 1.52. The van der Waals surface area contributed by atoms with Gasteiger partial charge >= 0.3 is 0 Å². The highest BCUT2D eigenvalue weighted by atomic mass is 32.2. The maximum atomic E-state index is 12.4. The van der Waals surface area contributed by atoms with Crippen LogP contribution in [-0.2, 0) is 9.59 Å². The Hall–Kier alpha value is -1.29. The van der Waals surface area contributed by atoms with Crippen LogP contribution in [0.15, 0.2) is 27.7 Å². The van der Waals surface area contributed by atoms with Crippen LogP contribution >= 0.6 is 35.7 Å². The second-order valence-electron chi connectivity index (χ2n) is 5.38. The molecular formula is C15H16N2O4S3. The van der Waals surface area contributed by atoms with Crippen molar-refractivity contribution in [3.8, 4) is 0 Å². The molecule has 2 aliphatic heterocycles. The first-order valence-corrected chi connectivity index (χ1v) is 9.76. The van der Waals surface area contributed by atoms with Crippen LogP contribution in [0.1, 0.15) is 12.2 Å². The Labute approximate surface area is 153 Å². The summed E-state index contributed by atoms with van der Waals surface area (Å²) in [4.78, 5) is 26.3. The van der Waals surface area contributed by atoms with Crippen LogP contribution in [0.5, 0.6) is 0 Å². The van der Waals surface area contributed by atoms with Crippen molar-refractivity contribution < 1.29 is 19.1 Å². The van der Waals surface area contributed by atoms with E-state index in [0.29, 0.717) is 26.5 Å². The van der Waals surface area contributed by atoms with Crippen molar-refractivity contribution in [2.24, 2.45) is 0 Å². The molecule has 2 saturated heterocycles. The van der Waals surface area contributed by atoms with E-state index in [1.807, 2.05) is 0 Å². The first-order chi connectivity index (χ1) is 11.5. The third kappa shape index (κ3) is 4.02. The van der Waals surface area contributed by atoms with Crippen molar-refractivity contribution in [2.45, 2.75) is 18.6 Å². The molecule has 2 amide bonds. The Bertz CT molecular complexity index is 674. The molecule has 128 valence electrons. The number of aliphatic hydroxyl groups is 1. The number of thiocarbonyl (C=S) groups is 1. The van der Waals surface area contributed by atoms with Gasteiger partial charge in [-0.3, -0.25) is 14.5 Å². The maximum absolute atomic E-state index is 12.4. The molecule has 2 N–H and O–H groups in total. The summed E-state index contributed by atoms with van der Waals surface area (Å²) in [5, 5.41) is 12.5. The molecule has 1 aromatic heterocycles. The number of nitrogens with one attached hydrogen (secondary N) is 1. The van der Waals surface area contributed by atoms with Gasteiger partial charge in [0.05, 0.1) is 23.3 Å². The van der Waals surface area contributed by atoms with Crippen molar-refractivity contribution >= 4 is 58.0 Å². The lowest BCUT2D eigenvalue weighted by molar-refractivity contribution is -0.124. The van der Waals surface area contributed by atoms with Gasteiger partial charge in [0.15, 0.2) is 0 Å². The van der Waals surface area contributed by atoms with E-state index in [0.717, 1.165) is 0 Å². The molecule has 1 aromatic rings. The van der Waals surface area contributed by atoms with Crippen LogP contribution in [0.2, 0.25) is 0 Å². The molecule has 0 spiro atoms. The zero-order valence-electron chi connectivity index (χ0n) is 12.6. The molecule has 2 fully saturated rings. The van der Waals surface area contributed by atoms with Crippen LogP contribution in [-0.4, -0.2) is 56.3 Å². The second-order valence-corrected chi connectivity index (χ2v) is 8.13. The molecule has 0 bridgehead atoms. The largest absolute Gasteiger partial charge is 0.465 e. The van der Waals surface area contributed by atoms with Crippen LogP contribution in [0.25, 0.3) is 6.08 Å². The molecule has 0 unspecified atom stereocenters. The lowest BCUT2D eigenvalue weighted by Gasteiger charge is -2.17. The molecule has 2 aliphatic rings. The van der Waals surface area contributed by atoms with Crippen molar-refractivity contribution in [1.82, 2.24) is 10.2 Å². The number of carbonyl (C=O) groups is 2. The van der Waals surface area contributed by atoms with Crippen molar-refractivity contribution in [3.63, 3.8) is 0 Å². The molecular weight excluding hydrogens is 368 g/mol. The van der Waals surface area contributed by atoms with Crippen LogP contribution in [0, 0.1) is 0 Å². The monoisotopic (exact) mass is 384 g/mol. The topological polar surface area (TPSA) is 82.8 Å². The van der Waals surface area contributed by atoms with Crippen molar-refractivity contribution in [1.29, 1.82) is 0 Å². The van der Waals surface area contributed by atoms with Crippen LogP contribution < -0.4 is 5.32 Å². The predicted octanol–water partition coefficient (Wildman–Crippen LogP) is 1.46. The quantitative estimate of drug-likeness (QED) is 0.587. The van der Waals surface area contributed by atoms with E-state index in [4.69, 9.17) is 16.6 Å². The van der Waals surface area contributed by atoms with Crippen molar-refractivity contribution in [3.05, 3.63) is 29.1 Å². The summed E-state index contributed by atoms with van der Waals surface area (Å²) in [6.45, 7) is 0.224. The van der Waals surface area contributed by atoms with E-state index in [2.05, 4.69) is 5.32 Å². The number of furan rings is 1. The number of carbonyl (C=O) groups excluding carboxylic acids is 2. The molecule has 0 radical (unpaired) electrons. The van der Waals surface area contributed by atoms with E-state index in [-0.39, 0.29) is 30.8 Å². The lowest BCUT2D eigenvalue weighted by Crippen LogP contribution is -2.43. The summed E-state index contributed by atoms with van der Waals surface area (Å²) in [6, 6.07) is 3.28. The van der Waals surface area contributed by atoms with Gasteiger partial charge in [0.1, 0.15) is 10.1 Å². The minimum Gasteiger partial charge on any atom is -0.465 e. The molecule has 0 saturated carbocycles. The predicted molar refractivity (Wildman–Crippen MR) is 98.5 cm³/mol. The summed E-state index contributed by atoms with van der Waals surface area (Å²) < 4.78 is 5.64. The second kappa shape index (κ2) is 7.73. The smallest absolute Gasteiger partial charge is 0.266 e. The first-order valence-electron chi connectivity index (χ1n) is 7.38. The molecule has 24 heavy (non-hydrogen) atoms. The Kier molecular flexibility index (Phi) is 5.65. The first kappa shape index (κ1) is 17.5. The third-order valence-corrected chi connectivity index (χ3v) is 6.20. The minimum atomic E-state index is -0.508. The maximum Gasteiger partial charge on any atom is 0.266 e. The van der Waals surface area contributed by atoms with E-state index in [9.17, 15) is 14.7 Å². The van der Waals surface area contributed by atoms with Gasteiger partial charge in [-0.2, -0.15) is 11.8 Å². The standard InChI is InChI=1S/C15H16N2O4S3/c18-11-8-23-7-10(11)16-13(19)3-4-17-14(20)12(24-15(17)22)6-9-2-1-5-21-9/h1-2,5-6,10-11,18H,3-4,7-8H2,(H,16,19)/b12-6-/t10-,11+/m1/s1. The van der Waals surface area contributed by atoms with Crippen LogP contribution in [0.3, 0.4) is 0 Å². The highest BCUT2D eigenvalue weighted by Gasteiger charge is 2.33. The summed E-state index contributed by atoms with van der Waals surface area (Å²) in [7, 11) is 0. The number of hydrogen-bond donors (Lipinski definition) is 2. The fraction of sp³-hybridized carbons (Fsp3) is 0.400. The van der Waals surface area contributed by atoms with Gasteiger partial charge in [0.2, 0.25) is 5.91 Å². The third-order valence-electron chi connectivity index (χ3n) is 3.65. The zero-order chi connectivity index (χ0) is 17.1. The molecule has 0 aromatic carbocycles. The van der Waals surface area contributed by atoms with Crippen LogP contribution in [0.4, 0.5) is 0 Å². The number of thioether (sulfide) groups is 2. The highest BCUT2D eigenvalue weighted by molar-refractivity contribution is 8.26. The number of amides is 2. The molecule has 3 heterocycles. The number of rotatable bonds is 5. The highest BCUT2D eigenvalue weighted by Crippen LogP contribution is 2.32. The fourth-order valence-electron chi connectivity index (χ4n) is 2.37. The van der Waals surface area contributed by atoms with E-state index in [1.54, 1.807) is 30.0 Å². The molecule has 9 heteroatoms. The fourth-order valence-corrected chi connectivity index (χ4v) is 4.83. The Morgan fingerprint density at radius 2 is 2.38 bits per heavy atom. The number of nitrogens with zero attached hydrogens (tertiary/aromatic N) is 1. The number of aliphatic hydroxyl groups excluding tert-OH is 1. The summed E-state index contributed by atoms with van der Waals surface area (Å²) in [5.41, 5.74) is 0. The minimum absolute atomic E-state index is 0.147. The Morgan fingerprint density at radius 1 is 1.54 bits per heavy atom. The molecule has 0 aliphatic carbocycles. The Balaban J connectivity index is 1.54.